The molecule has 0 aliphatic heterocycles. The molecule has 0 saturated heterocycles. The predicted octanol–water partition coefficient (Wildman–Crippen LogP) is 1.38. The van der Waals surface area contributed by atoms with Crippen LogP contribution in [0.5, 0.6) is 6.01 Å². The van der Waals surface area contributed by atoms with Crippen LogP contribution < -0.4 is 16.0 Å². The summed E-state index contributed by atoms with van der Waals surface area (Å²) in [5, 5.41) is 0.631. The molecule has 0 unspecified atom stereocenters. The lowest BCUT2D eigenvalue weighted by molar-refractivity contribution is 0.288. The van der Waals surface area contributed by atoms with Crippen LogP contribution >= 0.6 is 11.8 Å². The third kappa shape index (κ3) is 5.89. The second-order valence-corrected chi connectivity index (χ2v) is 5.15. The first-order chi connectivity index (χ1) is 9.73. The number of nitrogens with zero attached hydrogens (tertiary/aromatic N) is 4. The molecule has 0 bridgehead atoms. The van der Waals surface area contributed by atoms with E-state index in [1.807, 2.05) is 6.92 Å². The van der Waals surface area contributed by atoms with Gasteiger partial charge in [0.1, 0.15) is 0 Å². The lowest BCUT2D eigenvalue weighted by atomic mass is 10.5. The Balaban J connectivity index is 2.59. The van der Waals surface area contributed by atoms with Gasteiger partial charge >= 0.3 is 6.01 Å². The average Bonchev–Trinajstić information content (AvgIpc) is 2.49. The fraction of sp³-hybridized carbons (Fsp3) is 0.750. The molecule has 1 aromatic heterocycles. The molecule has 0 spiro atoms. The number of hydrogen-bond acceptors (Lipinski definition) is 8. The van der Waals surface area contributed by atoms with Crippen molar-refractivity contribution in [1.82, 2.24) is 19.9 Å². The van der Waals surface area contributed by atoms with Crippen LogP contribution in [0.3, 0.4) is 0 Å². The van der Waals surface area contributed by atoms with Gasteiger partial charge in [-0.3, -0.25) is 5.43 Å². The van der Waals surface area contributed by atoms with Gasteiger partial charge in [0, 0.05) is 12.3 Å². The van der Waals surface area contributed by atoms with Gasteiger partial charge in [0.2, 0.25) is 5.95 Å². The van der Waals surface area contributed by atoms with Crippen molar-refractivity contribution in [2.75, 3.05) is 37.4 Å². The van der Waals surface area contributed by atoms with Gasteiger partial charge in [0.05, 0.1) is 6.61 Å². The highest BCUT2D eigenvalue weighted by atomic mass is 32.2. The van der Waals surface area contributed by atoms with Crippen LogP contribution in [0.15, 0.2) is 5.16 Å². The van der Waals surface area contributed by atoms with Gasteiger partial charge in [-0.15, -0.1) is 0 Å². The Morgan fingerprint density at radius 3 is 2.55 bits per heavy atom. The summed E-state index contributed by atoms with van der Waals surface area (Å²) in [4.78, 5) is 14.9. The highest BCUT2D eigenvalue weighted by Crippen LogP contribution is 2.17. The van der Waals surface area contributed by atoms with Crippen molar-refractivity contribution in [2.24, 2.45) is 5.84 Å². The number of thioether (sulfide) groups is 1. The van der Waals surface area contributed by atoms with E-state index in [-0.39, 0.29) is 0 Å². The van der Waals surface area contributed by atoms with Gasteiger partial charge in [0.15, 0.2) is 5.16 Å². The maximum absolute atomic E-state index is 5.43. The maximum atomic E-state index is 5.43. The lowest BCUT2D eigenvalue weighted by Gasteiger charge is -2.17. The van der Waals surface area contributed by atoms with Crippen LogP contribution in [-0.4, -0.2) is 51.8 Å². The Hall–Kier alpha value is -1.12. The molecule has 7 nitrogen and oxygen atoms in total. The zero-order valence-corrected chi connectivity index (χ0v) is 13.2. The molecule has 1 rings (SSSR count). The highest BCUT2D eigenvalue weighted by Gasteiger charge is 2.08. The van der Waals surface area contributed by atoms with Crippen LogP contribution in [0.2, 0.25) is 0 Å². The summed E-state index contributed by atoms with van der Waals surface area (Å²) >= 11 is 1.58. The van der Waals surface area contributed by atoms with E-state index in [9.17, 15) is 0 Å². The van der Waals surface area contributed by atoms with E-state index in [1.165, 1.54) is 0 Å². The van der Waals surface area contributed by atoms with Crippen LogP contribution in [0.4, 0.5) is 5.95 Å². The summed E-state index contributed by atoms with van der Waals surface area (Å²) in [7, 11) is 0. The number of aromatic nitrogens is 3. The molecule has 0 amide bonds. The second-order valence-electron chi connectivity index (χ2n) is 4.09. The molecule has 0 radical (unpaired) electrons. The zero-order chi connectivity index (χ0) is 14.8. The quantitative estimate of drug-likeness (QED) is 0.380. The largest absolute Gasteiger partial charge is 0.463 e. The minimum absolute atomic E-state index is 0.320. The van der Waals surface area contributed by atoms with Crippen molar-refractivity contribution in [2.45, 2.75) is 32.3 Å². The summed E-state index contributed by atoms with van der Waals surface area (Å²) in [5.74, 6) is 6.61. The van der Waals surface area contributed by atoms with E-state index in [1.54, 1.807) is 11.8 Å². The molecule has 8 heteroatoms. The summed E-state index contributed by atoms with van der Waals surface area (Å²) in [5.41, 5.74) is 2.44. The van der Waals surface area contributed by atoms with Crippen LogP contribution in [-0.2, 0) is 0 Å². The molecule has 0 aliphatic carbocycles. The van der Waals surface area contributed by atoms with Crippen molar-refractivity contribution >= 4 is 17.7 Å². The van der Waals surface area contributed by atoms with Crippen molar-refractivity contribution < 1.29 is 4.74 Å². The third-order valence-corrected chi connectivity index (χ3v) is 3.52. The molecule has 0 fully saturated rings. The predicted molar refractivity (Wildman–Crippen MR) is 81.9 cm³/mol. The molecule has 3 N–H and O–H groups in total. The first kappa shape index (κ1) is 16.9. The number of ether oxygens (including phenoxy) is 1. The van der Waals surface area contributed by atoms with Gasteiger partial charge in [-0.25, -0.2) is 5.84 Å². The van der Waals surface area contributed by atoms with Gasteiger partial charge in [-0.05, 0) is 19.5 Å². The van der Waals surface area contributed by atoms with Crippen LogP contribution in [0.25, 0.3) is 0 Å². The maximum Gasteiger partial charge on any atom is 0.322 e. The van der Waals surface area contributed by atoms with Crippen molar-refractivity contribution in [3.8, 4) is 6.01 Å². The Morgan fingerprint density at radius 2 is 1.95 bits per heavy atom. The molecule has 114 valence electrons. The Morgan fingerprint density at radius 1 is 1.20 bits per heavy atom. The number of hydrogen-bond donors (Lipinski definition) is 2. The molecule has 1 aromatic rings. The SMILES string of the molecule is CCCOc1nc(NN)nc(SCCN(CC)CC)n1. The Labute approximate surface area is 124 Å². The number of nitrogens with one attached hydrogen (secondary N) is 1. The van der Waals surface area contributed by atoms with E-state index in [0.717, 1.165) is 31.8 Å². The monoisotopic (exact) mass is 300 g/mol. The fourth-order valence-corrected chi connectivity index (χ4v) is 2.36. The molecular weight excluding hydrogens is 276 g/mol. The molecule has 20 heavy (non-hydrogen) atoms. The molecule has 1 heterocycles. The standard InChI is InChI=1S/C12H24N6OS/c1-4-8-19-11-14-10(17-13)15-12(16-11)20-9-7-18(5-2)6-3/h4-9,13H2,1-3H3,(H,14,15,16,17). The zero-order valence-electron chi connectivity index (χ0n) is 12.4. The third-order valence-electron chi connectivity index (χ3n) is 2.69. The fourth-order valence-electron chi connectivity index (χ4n) is 1.53. The van der Waals surface area contributed by atoms with E-state index in [2.05, 4.69) is 39.1 Å². The smallest absolute Gasteiger partial charge is 0.322 e. The first-order valence-corrected chi connectivity index (χ1v) is 7.92. The van der Waals surface area contributed by atoms with Gasteiger partial charge in [-0.2, -0.15) is 15.0 Å². The minimum Gasteiger partial charge on any atom is -0.463 e. The summed E-state index contributed by atoms with van der Waals surface area (Å²) in [6.45, 7) is 10.0. The van der Waals surface area contributed by atoms with Crippen molar-refractivity contribution in [1.29, 1.82) is 0 Å². The minimum atomic E-state index is 0.320. The van der Waals surface area contributed by atoms with Crippen molar-refractivity contribution in [3.05, 3.63) is 0 Å². The second kappa shape index (κ2) is 9.73. The van der Waals surface area contributed by atoms with Crippen LogP contribution in [0.1, 0.15) is 27.2 Å². The number of anilines is 1. The molecular formula is C12H24N6OS. The van der Waals surface area contributed by atoms with E-state index in [0.29, 0.717) is 23.7 Å². The number of nitrogens with two attached hydrogens (primary N) is 1. The normalized spacial score (nSPS) is 10.8. The summed E-state index contributed by atoms with van der Waals surface area (Å²) in [6, 6.07) is 0.320. The van der Waals surface area contributed by atoms with E-state index < -0.39 is 0 Å². The molecule has 0 aliphatic rings. The molecule has 0 aromatic carbocycles. The number of nitrogen functional groups attached to an aromatic ring is 1. The van der Waals surface area contributed by atoms with Gasteiger partial charge < -0.3 is 9.64 Å². The van der Waals surface area contributed by atoms with Gasteiger partial charge in [-0.1, -0.05) is 32.5 Å². The van der Waals surface area contributed by atoms with Gasteiger partial charge in [0.25, 0.3) is 0 Å². The van der Waals surface area contributed by atoms with E-state index >= 15 is 0 Å². The lowest BCUT2D eigenvalue weighted by Crippen LogP contribution is -2.25. The number of hydrazine groups is 1. The average molecular weight is 300 g/mol. The topological polar surface area (TPSA) is 89.2 Å². The Bertz CT molecular complexity index is 388. The summed E-state index contributed by atoms with van der Waals surface area (Å²) in [6.07, 6.45) is 0.904. The van der Waals surface area contributed by atoms with E-state index in [4.69, 9.17) is 10.6 Å². The molecule has 0 atom stereocenters. The highest BCUT2D eigenvalue weighted by molar-refractivity contribution is 7.99. The molecule has 0 saturated carbocycles. The number of rotatable bonds is 10. The Kier molecular flexibility index (Phi) is 8.24. The van der Waals surface area contributed by atoms with Crippen LogP contribution in [0, 0.1) is 0 Å². The van der Waals surface area contributed by atoms with Crippen molar-refractivity contribution in [3.63, 3.8) is 0 Å². The summed E-state index contributed by atoms with van der Waals surface area (Å²) < 4.78 is 5.43. The first-order valence-electron chi connectivity index (χ1n) is 6.94.